The van der Waals surface area contributed by atoms with Crippen LogP contribution in [0.15, 0.2) is 101 Å². The maximum absolute atomic E-state index is 13.6. The number of rotatable bonds is 6. The van der Waals surface area contributed by atoms with E-state index in [-0.39, 0.29) is 15.4 Å². The van der Waals surface area contributed by atoms with Gasteiger partial charge in [0, 0.05) is 17.3 Å². The van der Waals surface area contributed by atoms with Crippen LogP contribution in [0, 0.1) is 6.92 Å². The maximum Gasteiger partial charge on any atom is 0.269 e. The predicted octanol–water partition coefficient (Wildman–Crippen LogP) is 5.49. The Morgan fingerprint density at radius 3 is 2.00 bits per heavy atom. The highest BCUT2D eigenvalue weighted by Gasteiger charge is 2.24. The fourth-order valence-electron chi connectivity index (χ4n) is 4.03. The van der Waals surface area contributed by atoms with Crippen molar-refractivity contribution in [1.29, 1.82) is 0 Å². The first-order valence-electron chi connectivity index (χ1n) is 11.7. The number of sulfone groups is 1. The molecular formula is C28H25N3O4S2. The highest BCUT2D eigenvalue weighted by Crippen LogP contribution is 2.33. The summed E-state index contributed by atoms with van der Waals surface area (Å²) in [6, 6.07) is 22.6. The molecule has 3 aromatic carbocycles. The monoisotopic (exact) mass is 531 g/mol. The number of nitrogens with zero attached hydrogens (tertiary/aromatic N) is 3. The summed E-state index contributed by atoms with van der Waals surface area (Å²) in [5.41, 5.74) is 4.20. The van der Waals surface area contributed by atoms with E-state index < -0.39 is 25.1 Å². The van der Waals surface area contributed by atoms with E-state index in [2.05, 4.69) is 4.98 Å². The van der Waals surface area contributed by atoms with Crippen LogP contribution in [0.5, 0.6) is 0 Å². The van der Waals surface area contributed by atoms with E-state index in [0.717, 1.165) is 11.1 Å². The molecule has 0 amide bonds. The lowest BCUT2D eigenvalue weighted by Crippen LogP contribution is -2.13. The summed E-state index contributed by atoms with van der Waals surface area (Å²) < 4.78 is 53.3. The Bertz CT molecular complexity index is 1810. The summed E-state index contributed by atoms with van der Waals surface area (Å²) in [7, 11) is -7.33. The topological polar surface area (TPSA) is 99.0 Å². The lowest BCUT2D eigenvalue weighted by Gasteiger charge is -2.09. The van der Waals surface area contributed by atoms with Crippen molar-refractivity contribution in [3.63, 3.8) is 0 Å². The van der Waals surface area contributed by atoms with Crippen molar-refractivity contribution >= 4 is 31.0 Å². The van der Waals surface area contributed by atoms with Gasteiger partial charge in [-0.25, -0.2) is 30.8 Å². The van der Waals surface area contributed by atoms with Crippen molar-refractivity contribution in [3.8, 4) is 22.4 Å². The molecule has 0 bridgehead atoms. The van der Waals surface area contributed by atoms with Gasteiger partial charge in [0.05, 0.1) is 26.9 Å². The maximum atomic E-state index is 13.6. The zero-order valence-electron chi connectivity index (χ0n) is 20.5. The molecule has 0 radical (unpaired) electrons. The molecule has 5 rings (SSSR count). The quantitative estimate of drug-likeness (QED) is 0.287. The van der Waals surface area contributed by atoms with E-state index in [9.17, 15) is 16.8 Å². The van der Waals surface area contributed by atoms with Crippen molar-refractivity contribution in [2.24, 2.45) is 0 Å². The molecule has 0 N–H and O–H groups in total. The van der Waals surface area contributed by atoms with Gasteiger partial charge in [-0.15, -0.1) is 0 Å². The first-order chi connectivity index (χ1) is 17.6. The molecule has 2 aromatic heterocycles. The molecule has 7 nitrogen and oxygen atoms in total. The number of aromatic nitrogens is 3. The summed E-state index contributed by atoms with van der Waals surface area (Å²) in [6.45, 7) is 5.18. The summed E-state index contributed by atoms with van der Waals surface area (Å²) in [5, 5.41) is -0.529. The third-order valence-electron chi connectivity index (χ3n) is 6.23. The van der Waals surface area contributed by atoms with Gasteiger partial charge in [0.25, 0.3) is 10.0 Å². The smallest absolute Gasteiger partial charge is 0.242 e. The lowest BCUT2D eigenvalue weighted by molar-refractivity contribution is 0.586. The van der Waals surface area contributed by atoms with Crippen molar-refractivity contribution in [3.05, 3.63) is 96.8 Å². The van der Waals surface area contributed by atoms with Gasteiger partial charge in [0.1, 0.15) is 5.52 Å². The molecule has 37 heavy (non-hydrogen) atoms. The van der Waals surface area contributed by atoms with E-state index in [1.807, 2.05) is 37.3 Å². The van der Waals surface area contributed by atoms with E-state index >= 15 is 0 Å². The standard InChI is InChI=1S/C28H25N3O4S2/c1-19(2)36(32,33)23-15-11-22(12-16-23)26-17-29-28-27(30-26)25(21-7-5-4-6-8-21)18-31(28)37(34,35)24-13-9-20(3)10-14-24/h4-19H,1-3H3. The van der Waals surface area contributed by atoms with Crippen LogP contribution in [0.3, 0.4) is 0 Å². The Morgan fingerprint density at radius 1 is 0.757 bits per heavy atom. The Labute approximate surface area is 216 Å². The molecule has 0 saturated heterocycles. The van der Waals surface area contributed by atoms with Crippen LogP contribution >= 0.6 is 0 Å². The van der Waals surface area contributed by atoms with Gasteiger partial charge in [-0.05, 0) is 50.6 Å². The Kier molecular flexibility index (Phi) is 6.21. The average Bonchev–Trinajstić information content (AvgIpc) is 3.29. The first-order valence-corrected chi connectivity index (χ1v) is 14.7. The van der Waals surface area contributed by atoms with Gasteiger partial charge in [0.15, 0.2) is 15.5 Å². The van der Waals surface area contributed by atoms with E-state index in [1.165, 1.54) is 10.2 Å². The average molecular weight is 532 g/mol. The molecule has 5 aromatic rings. The van der Waals surface area contributed by atoms with Gasteiger partial charge < -0.3 is 0 Å². The van der Waals surface area contributed by atoms with Crippen LogP contribution < -0.4 is 0 Å². The molecule has 0 fully saturated rings. The minimum Gasteiger partial charge on any atom is -0.242 e. The fraction of sp³-hybridized carbons (Fsp3) is 0.143. The normalized spacial score (nSPS) is 12.3. The van der Waals surface area contributed by atoms with Gasteiger partial charge in [0.2, 0.25) is 0 Å². The molecule has 9 heteroatoms. The van der Waals surface area contributed by atoms with Crippen molar-refractivity contribution in [2.45, 2.75) is 35.8 Å². The number of fused-ring (bicyclic) bond motifs is 1. The van der Waals surface area contributed by atoms with Crippen LogP contribution in [0.25, 0.3) is 33.5 Å². The van der Waals surface area contributed by atoms with Crippen molar-refractivity contribution in [1.82, 2.24) is 13.9 Å². The second-order valence-electron chi connectivity index (χ2n) is 9.07. The van der Waals surface area contributed by atoms with Crippen LogP contribution in [0.2, 0.25) is 0 Å². The molecule has 2 heterocycles. The van der Waals surface area contributed by atoms with Crippen LogP contribution in [0.4, 0.5) is 0 Å². The third-order valence-corrected chi connectivity index (χ3v) is 10.1. The van der Waals surface area contributed by atoms with Crippen LogP contribution in [-0.4, -0.2) is 36.0 Å². The SMILES string of the molecule is Cc1ccc(S(=O)(=O)n2cc(-c3ccccc3)c3nc(-c4ccc(S(=O)(=O)C(C)C)cc4)cnc32)cc1. The second-order valence-corrected chi connectivity index (χ2v) is 13.4. The highest BCUT2D eigenvalue weighted by molar-refractivity contribution is 7.92. The zero-order chi connectivity index (χ0) is 26.4. The molecule has 0 aliphatic rings. The van der Waals surface area contributed by atoms with Crippen molar-refractivity contribution < 1.29 is 16.8 Å². The third kappa shape index (κ3) is 4.45. The van der Waals surface area contributed by atoms with E-state index in [0.29, 0.717) is 22.3 Å². The molecule has 0 saturated carbocycles. The van der Waals surface area contributed by atoms with E-state index in [4.69, 9.17) is 4.98 Å². The Hall–Kier alpha value is -3.82. The zero-order valence-corrected chi connectivity index (χ0v) is 22.2. The molecular weight excluding hydrogens is 506 g/mol. The summed E-state index contributed by atoms with van der Waals surface area (Å²) in [4.78, 5) is 9.70. The van der Waals surface area contributed by atoms with Gasteiger partial charge >= 0.3 is 0 Å². The molecule has 0 aliphatic carbocycles. The minimum absolute atomic E-state index is 0.155. The molecule has 0 spiro atoms. The fourth-order valence-corrected chi connectivity index (χ4v) is 6.40. The summed E-state index contributed by atoms with van der Waals surface area (Å²) in [5.74, 6) is 0. The second kappa shape index (κ2) is 9.24. The number of benzene rings is 3. The highest BCUT2D eigenvalue weighted by atomic mass is 32.2. The van der Waals surface area contributed by atoms with Gasteiger partial charge in [-0.1, -0.05) is 60.2 Å². The molecule has 0 atom stereocenters. The number of aryl methyl sites for hydroxylation is 1. The van der Waals surface area contributed by atoms with E-state index in [1.54, 1.807) is 68.6 Å². The first kappa shape index (κ1) is 24.9. The lowest BCUT2D eigenvalue weighted by atomic mass is 10.1. The van der Waals surface area contributed by atoms with Crippen LogP contribution in [-0.2, 0) is 19.9 Å². The summed E-state index contributed by atoms with van der Waals surface area (Å²) in [6.07, 6.45) is 3.06. The molecule has 188 valence electrons. The van der Waals surface area contributed by atoms with Gasteiger partial charge in [-0.3, -0.25) is 0 Å². The van der Waals surface area contributed by atoms with Gasteiger partial charge in [-0.2, -0.15) is 0 Å². The molecule has 0 aliphatic heterocycles. The predicted molar refractivity (Wildman–Crippen MR) is 144 cm³/mol. The number of hydrogen-bond donors (Lipinski definition) is 0. The Balaban J connectivity index is 1.68. The van der Waals surface area contributed by atoms with Crippen molar-refractivity contribution in [2.75, 3.05) is 0 Å². The van der Waals surface area contributed by atoms with Crippen LogP contribution in [0.1, 0.15) is 19.4 Å². The Morgan fingerprint density at radius 2 is 1.38 bits per heavy atom. The summed E-state index contributed by atoms with van der Waals surface area (Å²) >= 11 is 0. The number of hydrogen-bond acceptors (Lipinski definition) is 6. The largest absolute Gasteiger partial charge is 0.269 e. The molecule has 0 unspecified atom stereocenters. The minimum atomic E-state index is -3.93.